The van der Waals surface area contributed by atoms with Crippen molar-refractivity contribution in [3.8, 4) is 28.6 Å². The third-order valence-corrected chi connectivity index (χ3v) is 5.86. The molecule has 34 heavy (non-hydrogen) atoms. The van der Waals surface area contributed by atoms with Crippen molar-refractivity contribution in [3.63, 3.8) is 0 Å². The highest BCUT2D eigenvalue weighted by Gasteiger charge is 2.22. The Hall–Kier alpha value is -3.11. The fraction of sp³-hybridized carbons (Fsp3) is 0.542. The molecule has 1 aromatic carbocycles. The molecule has 1 aliphatic rings. The summed E-state index contributed by atoms with van der Waals surface area (Å²) in [6.07, 6.45) is 1.57. The summed E-state index contributed by atoms with van der Waals surface area (Å²) in [7, 11) is 6.59. The number of amides is 1. The van der Waals surface area contributed by atoms with Gasteiger partial charge in [-0.05, 0) is 26.0 Å². The van der Waals surface area contributed by atoms with E-state index in [4.69, 9.17) is 23.9 Å². The molecule has 186 valence electrons. The number of nitrogens with zero attached hydrogens (tertiary/aromatic N) is 4. The number of hydrogen-bond donors (Lipinski definition) is 1. The van der Waals surface area contributed by atoms with Crippen molar-refractivity contribution in [1.82, 2.24) is 20.2 Å². The maximum Gasteiger partial charge on any atom is 0.256 e. The SMILES string of the molecule is COc1cc(-c2ncc(C(=O)NCCN3CCOCC3)c(N(C)C(C)C)n2)cc(OC)c1OC. The number of nitrogens with one attached hydrogen (secondary N) is 1. The Bertz CT molecular complexity index is 953. The lowest BCUT2D eigenvalue weighted by molar-refractivity contribution is 0.0383. The minimum atomic E-state index is -0.202. The minimum Gasteiger partial charge on any atom is -0.493 e. The third-order valence-electron chi connectivity index (χ3n) is 5.86. The molecule has 2 heterocycles. The van der Waals surface area contributed by atoms with Crippen molar-refractivity contribution < 1.29 is 23.7 Å². The molecular weight excluding hydrogens is 438 g/mol. The molecule has 0 bridgehead atoms. The zero-order chi connectivity index (χ0) is 24.7. The molecule has 1 aromatic heterocycles. The summed E-state index contributed by atoms with van der Waals surface area (Å²) in [5, 5.41) is 3.01. The van der Waals surface area contributed by atoms with Crippen molar-refractivity contribution in [3.05, 3.63) is 23.9 Å². The lowest BCUT2D eigenvalue weighted by Crippen LogP contribution is -2.41. The van der Waals surface area contributed by atoms with Crippen LogP contribution in [-0.4, -0.2) is 94.6 Å². The molecule has 1 fully saturated rings. The smallest absolute Gasteiger partial charge is 0.256 e. The van der Waals surface area contributed by atoms with E-state index in [1.807, 2.05) is 25.8 Å². The van der Waals surface area contributed by atoms with Gasteiger partial charge < -0.3 is 29.2 Å². The Morgan fingerprint density at radius 2 is 1.79 bits per heavy atom. The van der Waals surface area contributed by atoms with Gasteiger partial charge in [0, 0.05) is 51.0 Å². The lowest BCUT2D eigenvalue weighted by Gasteiger charge is -2.27. The Kier molecular flexibility index (Phi) is 8.89. The first-order valence-corrected chi connectivity index (χ1v) is 11.4. The summed E-state index contributed by atoms with van der Waals surface area (Å²) in [5.41, 5.74) is 1.11. The molecular formula is C24H35N5O5. The zero-order valence-corrected chi connectivity index (χ0v) is 20.9. The van der Waals surface area contributed by atoms with Crippen LogP contribution in [0.15, 0.2) is 18.3 Å². The number of rotatable bonds is 10. The molecule has 10 nitrogen and oxygen atoms in total. The van der Waals surface area contributed by atoms with Crippen LogP contribution < -0.4 is 24.4 Å². The van der Waals surface area contributed by atoms with Crippen molar-refractivity contribution in [1.29, 1.82) is 0 Å². The number of ether oxygens (including phenoxy) is 4. The minimum absolute atomic E-state index is 0.127. The van der Waals surface area contributed by atoms with Gasteiger partial charge >= 0.3 is 0 Å². The van der Waals surface area contributed by atoms with Gasteiger partial charge in [0.05, 0.1) is 34.5 Å². The first-order chi connectivity index (χ1) is 16.4. The predicted octanol–water partition coefficient (Wildman–Crippen LogP) is 2.08. The highest BCUT2D eigenvalue weighted by Crippen LogP contribution is 2.40. The summed E-state index contributed by atoms with van der Waals surface area (Å²) in [4.78, 5) is 26.5. The van der Waals surface area contributed by atoms with E-state index in [-0.39, 0.29) is 11.9 Å². The van der Waals surface area contributed by atoms with Crippen LogP contribution >= 0.6 is 0 Å². The second-order valence-electron chi connectivity index (χ2n) is 8.26. The van der Waals surface area contributed by atoms with Gasteiger partial charge in [-0.1, -0.05) is 0 Å². The molecule has 1 saturated heterocycles. The average Bonchev–Trinajstić information content (AvgIpc) is 2.87. The molecule has 1 amide bonds. The zero-order valence-electron chi connectivity index (χ0n) is 20.9. The fourth-order valence-corrected chi connectivity index (χ4v) is 3.64. The van der Waals surface area contributed by atoms with E-state index in [0.29, 0.717) is 46.6 Å². The van der Waals surface area contributed by atoms with Gasteiger partial charge in [-0.3, -0.25) is 9.69 Å². The quantitative estimate of drug-likeness (QED) is 0.556. The summed E-state index contributed by atoms with van der Waals surface area (Å²) >= 11 is 0. The van der Waals surface area contributed by atoms with E-state index in [2.05, 4.69) is 15.2 Å². The van der Waals surface area contributed by atoms with Gasteiger partial charge in [0.15, 0.2) is 17.3 Å². The van der Waals surface area contributed by atoms with Crippen molar-refractivity contribution in [2.75, 3.05) is 72.7 Å². The van der Waals surface area contributed by atoms with E-state index < -0.39 is 0 Å². The van der Waals surface area contributed by atoms with Crippen LogP contribution in [0.1, 0.15) is 24.2 Å². The molecule has 0 saturated carbocycles. The molecule has 0 radical (unpaired) electrons. The summed E-state index contributed by atoms with van der Waals surface area (Å²) in [6.45, 7) is 8.62. The number of methoxy groups -OCH3 is 3. The standard InChI is InChI=1S/C24H35N5O5/c1-16(2)28(3)23-18(24(30)25-7-8-29-9-11-34-12-10-29)15-26-22(27-23)17-13-19(31-4)21(33-6)20(14-17)32-5/h13-16H,7-12H2,1-6H3,(H,25,30). The summed E-state index contributed by atoms with van der Waals surface area (Å²) < 4.78 is 21.7. The van der Waals surface area contributed by atoms with Crippen LogP contribution in [0.4, 0.5) is 5.82 Å². The Morgan fingerprint density at radius 1 is 1.15 bits per heavy atom. The van der Waals surface area contributed by atoms with Gasteiger partial charge in [-0.25, -0.2) is 9.97 Å². The molecule has 0 spiro atoms. The number of hydrogen-bond acceptors (Lipinski definition) is 9. The van der Waals surface area contributed by atoms with Crippen LogP contribution in [0, 0.1) is 0 Å². The summed E-state index contributed by atoms with van der Waals surface area (Å²) in [5.74, 6) is 2.30. The van der Waals surface area contributed by atoms with Gasteiger partial charge in [-0.2, -0.15) is 0 Å². The van der Waals surface area contributed by atoms with Gasteiger partial charge in [-0.15, -0.1) is 0 Å². The monoisotopic (exact) mass is 473 g/mol. The number of carbonyl (C=O) groups is 1. The van der Waals surface area contributed by atoms with E-state index in [1.165, 1.54) is 0 Å². The Morgan fingerprint density at radius 3 is 2.35 bits per heavy atom. The highest BCUT2D eigenvalue weighted by molar-refractivity contribution is 5.99. The molecule has 10 heteroatoms. The van der Waals surface area contributed by atoms with Crippen molar-refractivity contribution >= 4 is 11.7 Å². The topological polar surface area (TPSA) is 98.3 Å². The van der Waals surface area contributed by atoms with Gasteiger partial charge in [0.1, 0.15) is 11.4 Å². The number of carbonyl (C=O) groups excluding carboxylic acids is 1. The second kappa shape index (κ2) is 11.8. The maximum atomic E-state index is 13.0. The number of anilines is 1. The van der Waals surface area contributed by atoms with Crippen LogP contribution in [0.3, 0.4) is 0 Å². The largest absolute Gasteiger partial charge is 0.493 e. The van der Waals surface area contributed by atoms with Crippen molar-refractivity contribution in [2.24, 2.45) is 0 Å². The van der Waals surface area contributed by atoms with E-state index in [1.54, 1.807) is 39.7 Å². The van der Waals surface area contributed by atoms with Crippen LogP contribution in [0.25, 0.3) is 11.4 Å². The van der Waals surface area contributed by atoms with E-state index in [0.717, 1.165) is 32.8 Å². The first-order valence-electron chi connectivity index (χ1n) is 11.4. The first kappa shape index (κ1) is 25.5. The van der Waals surface area contributed by atoms with Gasteiger partial charge in [0.2, 0.25) is 5.75 Å². The Balaban J connectivity index is 1.89. The molecule has 1 aliphatic heterocycles. The maximum absolute atomic E-state index is 13.0. The van der Waals surface area contributed by atoms with E-state index >= 15 is 0 Å². The van der Waals surface area contributed by atoms with Crippen LogP contribution in [0.5, 0.6) is 17.2 Å². The molecule has 2 aromatic rings. The lowest BCUT2D eigenvalue weighted by atomic mass is 10.1. The van der Waals surface area contributed by atoms with Gasteiger partial charge in [0.25, 0.3) is 5.91 Å². The van der Waals surface area contributed by atoms with Crippen LogP contribution in [0.2, 0.25) is 0 Å². The number of benzene rings is 1. The molecule has 3 rings (SSSR count). The normalized spacial score (nSPS) is 14.1. The predicted molar refractivity (Wildman–Crippen MR) is 130 cm³/mol. The molecule has 0 unspecified atom stereocenters. The molecule has 0 aliphatic carbocycles. The second-order valence-corrected chi connectivity index (χ2v) is 8.26. The molecule has 0 atom stereocenters. The fourth-order valence-electron chi connectivity index (χ4n) is 3.64. The average molecular weight is 474 g/mol. The number of morpholine rings is 1. The highest BCUT2D eigenvalue weighted by atomic mass is 16.5. The summed E-state index contributed by atoms with van der Waals surface area (Å²) in [6, 6.07) is 3.71. The Labute approximate surface area is 201 Å². The van der Waals surface area contributed by atoms with Crippen molar-refractivity contribution in [2.45, 2.75) is 19.9 Å². The van der Waals surface area contributed by atoms with E-state index in [9.17, 15) is 4.79 Å². The third kappa shape index (κ3) is 5.87. The number of aromatic nitrogens is 2. The van der Waals surface area contributed by atoms with Crippen LogP contribution in [-0.2, 0) is 4.74 Å². The molecule has 1 N–H and O–H groups in total.